The van der Waals surface area contributed by atoms with Crippen molar-refractivity contribution < 1.29 is 0 Å². The van der Waals surface area contributed by atoms with E-state index in [1.165, 1.54) is 37.9 Å². The highest BCUT2D eigenvalue weighted by molar-refractivity contribution is 5.55. The van der Waals surface area contributed by atoms with Crippen molar-refractivity contribution in [3.05, 3.63) is 18.3 Å². The number of pyridine rings is 1. The minimum Gasteiger partial charge on any atom is -0.368 e. The van der Waals surface area contributed by atoms with E-state index in [4.69, 9.17) is 5.84 Å². The summed E-state index contributed by atoms with van der Waals surface area (Å²) in [6, 6.07) is 4.89. The van der Waals surface area contributed by atoms with Gasteiger partial charge in [-0.2, -0.15) is 0 Å². The van der Waals surface area contributed by atoms with Crippen LogP contribution in [0.15, 0.2) is 18.3 Å². The number of nitrogens with one attached hydrogen (secondary N) is 1. The summed E-state index contributed by atoms with van der Waals surface area (Å²) in [5.74, 6) is 7.06. The Morgan fingerprint density at radius 1 is 1.38 bits per heavy atom. The van der Waals surface area contributed by atoms with Crippen molar-refractivity contribution in [1.29, 1.82) is 0 Å². The highest BCUT2D eigenvalue weighted by atomic mass is 15.3. The smallest absolute Gasteiger partial charge is 0.141 e. The van der Waals surface area contributed by atoms with E-state index < -0.39 is 0 Å². The maximum absolute atomic E-state index is 5.39. The molecule has 2 aliphatic rings. The second-order valence-electron chi connectivity index (χ2n) is 4.87. The maximum atomic E-state index is 5.39. The molecule has 4 nitrogen and oxygen atoms in total. The van der Waals surface area contributed by atoms with Crippen molar-refractivity contribution in [2.45, 2.75) is 31.7 Å². The van der Waals surface area contributed by atoms with Gasteiger partial charge in [0.25, 0.3) is 0 Å². The largest absolute Gasteiger partial charge is 0.368 e. The summed E-state index contributed by atoms with van der Waals surface area (Å²) in [6.07, 6.45) is 7.29. The molecule has 0 bridgehead atoms. The molecule has 0 unspecified atom stereocenters. The third-order valence-corrected chi connectivity index (χ3v) is 3.36. The highest BCUT2D eigenvalue weighted by Gasteiger charge is 2.33. The van der Waals surface area contributed by atoms with Gasteiger partial charge in [-0.25, -0.2) is 10.8 Å². The van der Waals surface area contributed by atoms with Crippen LogP contribution in [0.5, 0.6) is 0 Å². The van der Waals surface area contributed by atoms with Crippen LogP contribution in [0.4, 0.5) is 11.5 Å². The molecule has 2 saturated carbocycles. The molecular formula is C12H18N4. The number of hydrogen-bond donors (Lipinski definition) is 2. The number of nitrogens with two attached hydrogens (primary N) is 1. The summed E-state index contributed by atoms with van der Waals surface area (Å²) in [5.41, 5.74) is 3.87. The molecule has 16 heavy (non-hydrogen) atoms. The van der Waals surface area contributed by atoms with Crippen LogP contribution in [-0.2, 0) is 0 Å². The lowest BCUT2D eigenvalue weighted by atomic mass is 10.3. The van der Waals surface area contributed by atoms with Crippen LogP contribution < -0.4 is 16.2 Å². The van der Waals surface area contributed by atoms with E-state index in [2.05, 4.69) is 21.4 Å². The Labute approximate surface area is 95.8 Å². The van der Waals surface area contributed by atoms with Crippen LogP contribution in [0, 0.1) is 5.92 Å². The predicted molar refractivity (Wildman–Crippen MR) is 65.1 cm³/mol. The van der Waals surface area contributed by atoms with Crippen molar-refractivity contribution in [2.75, 3.05) is 16.9 Å². The Hall–Kier alpha value is -1.29. The van der Waals surface area contributed by atoms with E-state index in [9.17, 15) is 0 Å². The number of aromatic nitrogens is 1. The first-order valence-corrected chi connectivity index (χ1v) is 6.06. The standard InChI is InChI=1S/C12H18N4/c13-15-12-7-11(5-6-14-12)16(10-3-4-10)8-9-1-2-9/h5-7,9-10H,1-4,8,13H2,(H,14,15). The number of hydrogen-bond acceptors (Lipinski definition) is 4. The zero-order valence-corrected chi connectivity index (χ0v) is 9.39. The van der Waals surface area contributed by atoms with Gasteiger partial charge >= 0.3 is 0 Å². The van der Waals surface area contributed by atoms with Crippen molar-refractivity contribution >= 4 is 11.5 Å². The van der Waals surface area contributed by atoms with Gasteiger partial charge in [0.15, 0.2) is 0 Å². The van der Waals surface area contributed by atoms with Crippen LogP contribution in [-0.4, -0.2) is 17.6 Å². The SMILES string of the molecule is NNc1cc(N(CC2CC2)C2CC2)ccn1. The maximum Gasteiger partial charge on any atom is 0.141 e. The van der Waals surface area contributed by atoms with Gasteiger partial charge in [0.1, 0.15) is 5.82 Å². The molecule has 0 atom stereocenters. The molecule has 86 valence electrons. The van der Waals surface area contributed by atoms with Crippen molar-refractivity contribution in [3.63, 3.8) is 0 Å². The van der Waals surface area contributed by atoms with Gasteiger partial charge in [-0.15, -0.1) is 0 Å². The predicted octanol–water partition coefficient (Wildman–Crippen LogP) is 1.75. The third-order valence-electron chi connectivity index (χ3n) is 3.36. The molecule has 0 radical (unpaired) electrons. The average molecular weight is 218 g/mol. The molecule has 1 heterocycles. The first-order chi connectivity index (χ1) is 7.86. The lowest BCUT2D eigenvalue weighted by Gasteiger charge is -2.24. The number of nitrogens with zero attached hydrogens (tertiary/aromatic N) is 2. The molecule has 0 aromatic carbocycles. The number of rotatable bonds is 5. The molecule has 3 N–H and O–H groups in total. The van der Waals surface area contributed by atoms with E-state index in [0.29, 0.717) is 0 Å². The van der Waals surface area contributed by atoms with E-state index in [1.54, 1.807) is 0 Å². The summed E-state index contributed by atoms with van der Waals surface area (Å²) < 4.78 is 0. The minimum absolute atomic E-state index is 0.749. The highest BCUT2D eigenvalue weighted by Crippen LogP contribution is 2.37. The Morgan fingerprint density at radius 2 is 2.19 bits per heavy atom. The Bertz CT molecular complexity index is 371. The summed E-state index contributed by atoms with van der Waals surface area (Å²) >= 11 is 0. The van der Waals surface area contributed by atoms with Gasteiger partial charge in [0.2, 0.25) is 0 Å². The summed E-state index contributed by atoms with van der Waals surface area (Å²) in [4.78, 5) is 6.68. The van der Waals surface area contributed by atoms with E-state index in [1.807, 2.05) is 12.3 Å². The van der Waals surface area contributed by atoms with Gasteiger partial charge in [-0.3, -0.25) is 0 Å². The molecule has 0 saturated heterocycles. The molecule has 3 rings (SSSR count). The molecule has 1 aromatic rings. The molecule has 1 aromatic heterocycles. The topological polar surface area (TPSA) is 54.2 Å². The second kappa shape index (κ2) is 3.94. The molecular weight excluding hydrogens is 200 g/mol. The molecule has 0 amide bonds. The summed E-state index contributed by atoms with van der Waals surface area (Å²) in [7, 11) is 0. The normalized spacial score (nSPS) is 19.6. The number of anilines is 2. The van der Waals surface area contributed by atoms with E-state index >= 15 is 0 Å². The van der Waals surface area contributed by atoms with Gasteiger partial charge in [0.05, 0.1) is 0 Å². The van der Waals surface area contributed by atoms with Crippen molar-refractivity contribution in [1.82, 2.24) is 4.98 Å². The fourth-order valence-electron chi connectivity index (χ4n) is 2.11. The Morgan fingerprint density at radius 3 is 2.81 bits per heavy atom. The zero-order chi connectivity index (χ0) is 11.0. The van der Waals surface area contributed by atoms with E-state index in [0.717, 1.165) is 17.8 Å². The lowest BCUT2D eigenvalue weighted by molar-refractivity contribution is 0.718. The monoisotopic (exact) mass is 218 g/mol. The van der Waals surface area contributed by atoms with Crippen LogP contribution in [0.25, 0.3) is 0 Å². The fourth-order valence-corrected chi connectivity index (χ4v) is 2.11. The van der Waals surface area contributed by atoms with Crippen LogP contribution in [0.1, 0.15) is 25.7 Å². The van der Waals surface area contributed by atoms with Crippen LogP contribution in [0.2, 0.25) is 0 Å². The molecule has 2 aliphatic carbocycles. The van der Waals surface area contributed by atoms with Crippen molar-refractivity contribution in [2.24, 2.45) is 11.8 Å². The summed E-state index contributed by atoms with van der Waals surface area (Å²) in [6.45, 7) is 1.21. The van der Waals surface area contributed by atoms with Crippen molar-refractivity contribution in [3.8, 4) is 0 Å². The Kier molecular flexibility index (Phi) is 2.44. The Balaban J connectivity index is 1.79. The third kappa shape index (κ3) is 2.11. The number of nitrogen functional groups attached to an aromatic ring is 1. The summed E-state index contributed by atoms with van der Waals surface area (Å²) in [5, 5.41) is 0. The first-order valence-electron chi connectivity index (χ1n) is 6.06. The average Bonchev–Trinajstić information content (AvgIpc) is 3.16. The van der Waals surface area contributed by atoms with E-state index in [-0.39, 0.29) is 0 Å². The van der Waals surface area contributed by atoms with Gasteiger partial charge in [-0.05, 0) is 37.7 Å². The van der Waals surface area contributed by atoms with Gasteiger partial charge in [-0.1, -0.05) is 0 Å². The lowest BCUT2D eigenvalue weighted by Crippen LogP contribution is -2.28. The first kappa shape index (κ1) is 9.90. The zero-order valence-electron chi connectivity index (χ0n) is 9.39. The quantitative estimate of drug-likeness (QED) is 0.584. The fraction of sp³-hybridized carbons (Fsp3) is 0.583. The number of hydrazine groups is 1. The van der Waals surface area contributed by atoms with Crippen LogP contribution >= 0.6 is 0 Å². The minimum atomic E-state index is 0.749. The molecule has 0 aliphatic heterocycles. The van der Waals surface area contributed by atoms with Crippen LogP contribution in [0.3, 0.4) is 0 Å². The van der Waals surface area contributed by atoms with Gasteiger partial charge < -0.3 is 10.3 Å². The molecule has 0 spiro atoms. The van der Waals surface area contributed by atoms with Gasteiger partial charge in [0, 0.05) is 30.5 Å². The molecule has 2 fully saturated rings. The second-order valence-corrected chi connectivity index (χ2v) is 4.87. The molecule has 4 heteroatoms.